The van der Waals surface area contributed by atoms with Gasteiger partial charge in [0.1, 0.15) is 4.99 Å². The fourth-order valence-electron chi connectivity index (χ4n) is 1.38. The van der Waals surface area contributed by atoms with E-state index in [1.807, 2.05) is 26.1 Å². The van der Waals surface area contributed by atoms with Crippen molar-refractivity contribution in [3.8, 4) is 0 Å². The van der Waals surface area contributed by atoms with E-state index in [9.17, 15) is 0 Å². The van der Waals surface area contributed by atoms with E-state index in [1.165, 1.54) is 0 Å². The summed E-state index contributed by atoms with van der Waals surface area (Å²) in [5.74, 6) is 0.787. The molecule has 0 fully saturated rings. The molecule has 0 radical (unpaired) electrons. The van der Waals surface area contributed by atoms with Crippen molar-refractivity contribution < 1.29 is 0 Å². The van der Waals surface area contributed by atoms with E-state index >= 15 is 0 Å². The Hall–Kier alpha value is -1.95. The highest BCUT2D eigenvalue weighted by atomic mass is 32.1. The van der Waals surface area contributed by atoms with Crippen molar-refractivity contribution in [3.05, 3.63) is 35.8 Å². The second kappa shape index (κ2) is 4.50. The molecule has 2 aromatic rings. The molecule has 88 valence electrons. The van der Waals surface area contributed by atoms with Crippen LogP contribution in [0.2, 0.25) is 0 Å². The number of anilines is 2. The fourth-order valence-corrected chi connectivity index (χ4v) is 1.50. The third-order valence-electron chi connectivity index (χ3n) is 2.40. The molecular formula is C11H13N5S. The van der Waals surface area contributed by atoms with Crippen molar-refractivity contribution >= 4 is 28.7 Å². The second-order valence-corrected chi connectivity index (χ2v) is 4.16. The van der Waals surface area contributed by atoms with Crippen LogP contribution in [0.1, 0.15) is 11.4 Å². The highest BCUT2D eigenvalue weighted by Gasteiger charge is 2.02. The van der Waals surface area contributed by atoms with Crippen molar-refractivity contribution in [1.29, 1.82) is 0 Å². The van der Waals surface area contributed by atoms with E-state index in [-0.39, 0.29) is 0 Å². The van der Waals surface area contributed by atoms with Gasteiger partial charge in [0, 0.05) is 18.8 Å². The monoisotopic (exact) mass is 247 g/mol. The lowest BCUT2D eigenvalue weighted by Gasteiger charge is -2.03. The zero-order chi connectivity index (χ0) is 12.4. The fraction of sp³-hybridized carbons (Fsp3) is 0.182. The summed E-state index contributed by atoms with van der Waals surface area (Å²) < 4.78 is 1.80. The first-order valence-electron chi connectivity index (χ1n) is 5.10. The summed E-state index contributed by atoms with van der Waals surface area (Å²) in [4.78, 5) is 4.44. The van der Waals surface area contributed by atoms with Crippen LogP contribution >= 0.6 is 12.2 Å². The van der Waals surface area contributed by atoms with Gasteiger partial charge >= 0.3 is 0 Å². The van der Waals surface area contributed by atoms with Crippen molar-refractivity contribution in [1.82, 2.24) is 14.8 Å². The molecule has 2 aromatic heterocycles. The maximum absolute atomic E-state index is 5.47. The highest BCUT2D eigenvalue weighted by Crippen LogP contribution is 2.15. The summed E-state index contributed by atoms with van der Waals surface area (Å²) in [7, 11) is 1.90. The van der Waals surface area contributed by atoms with Crippen LogP contribution in [-0.4, -0.2) is 19.8 Å². The molecular weight excluding hydrogens is 234 g/mol. The lowest BCUT2D eigenvalue weighted by atomic mass is 10.3. The molecule has 0 saturated heterocycles. The van der Waals surface area contributed by atoms with Crippen LogP contribution in [0.5, 0.6) is 0 Å². The molecule has 2 heterocycles. The molecule has 6 heteroatoms. The summed E-state index contributed by atoms with van der Waals surface area (Å²) in [6.45, 7) is 1.99. The van der Waals surface area contributed by atoms with Gasteiger partial charge in [-0.3, -0.25) is 9.67 Å². The average Bonchev–Trinajstić information content (AvgIpc) is 2.58. The third-order valence-corrected chi connectivity index (χ3v) is 2.61. The normalized spacial score (nSPS) is 10.2. The molecule has 2 rings (SSSR count). The summed E-state index contributed by atoms with van der Waals surface area (Å²) in [5, 5.41) is 7.44. The van der Waals surface area contributed by atoms with Crippen molar-refractivity contribution in [2.75, 3.05) is 5.32 Å². The van der Waals surface area contributed by atoms with Crippen LogP contribution in [0.3, 0.4) is 0 Å². The van der Waals surface area contributed by atoms with Crippen molar-refractivity contribution in [2.45, 2.75) is 6.92 Å². The summed E-state index contributed by atoms with van der Waals surface area (Å²) in [6, 6.07) is 5.60. The molecule has 0 amide bonds. The number of pyridine rings is 1. The number of hydrogen-bond donors (Lipinski definition) is 2. The molecule has 0 aliphatic carbocycles. The molecule has 0 aliphatic rings. The number of rotatable bonds is 3. The first-order chi connectivity index (χ1) is 8.06. The first kappa shape index (κ1) is 11.5. The predicted molar refractivity (Wildman–Crippen MR) is 71.4 cm³/mol. The van der Waals surface area contributed by atoms with E-state index in [0.29, 0.717) is 10.7 Å². The van der Waals surface area contributed by atoms with Gasteiger partial charge < -0.3 is 11.1 Å². The van der Waals surface area contributed by atoms with Gasteiger partial charge in [0.05, 0.1) is 17.6 Å². The Morgan fingerprint density at radius 1 is 1.47 bits per heavy atom. The van der Waals surface area contributed by atoms with Gasteiger partial charge in [0.2, 0.25) is 0 Å². The summed E-state index contributed by atoms with van der Waals surface area (Å²) in [5.41, 5.74) is 8.02. The maximum Gasteiger partial charge on any atom is 0.152 e. The predicted octanol–water partition coefficient (Wildman–Crippen LogP) is 1.50. The molecule has 0 atom stereocenters. The molecule has 0 unspecified atom stereocenters. The van der Waals surface area contributed by atoms with Gasteiger partial charge in [-0.25, -0.2) is 0 Å². The Labute approximate surface area is 105 Å². The van der Waals surface area contributed by atoms with Crippen LogP contribution in [-0.2, 0) is 7.05 Å². The lowest BCUT2D eigenvalue weighted by Crippen LogP contribution is -2.11. The molecule has 0 aliphatic heterocycles. The largest absolute Gasteiger partial charge is 0.388 e. The van der Waals surface area contributed by atoms with Gasteiger partial charge in [-0.1, -0.05) is 12.2 Å². The van der Waals surface area contributed by atoms with Crippen LogP contribution < -0.4 is 11.1 Å². The first-order valence-corrected chi connectivity index (χ1v) is 5.50. The molecule has 0 saturated carbocycles. The minimum atomic E-state index is 0.297. The van der Waals surface area contributed by atoms with Gasteiger partial charge in [-0.05, 0) is 19.1 Å². The minimum Gasteiger partial charge on any atom is -0.388 e. The second-order valence-electron chi connectivity index (χ2n) is 3.72. The Morgan fingerprint density at radius 2 is 2.24 bits per heavy atom. The van der Waals surface area contributed by atoms with E-state index in [1.54, 1.807) is 16.9 Å². The zero-order valence-electron chi connectivity index (χ0n) is 9.64. The number of nitrogens with zero attached hydrogens (tertiary/aromatic N) is 3. The van der Waals surface area contributed by atoms with Crippen LogP contribution in [0.15, 0.2) is 24.4 Å². The number of nitrogens with two attached hydrogens (primary N) is 1. The Balaban J connectivity index is 2.16. The van der Waals surface area contributed by atoms with Gasteiger partial charge in [-0.2, -0.15) is 5.10 Å². The quantitative estimate of drug-likeness (QED) is 0.804. The SMILES string of the molecule is Cc1cc(Nc2ccc(C(N)=S)nc2)nn1C. The molecule has 3 N–H and O–H groups in total. The topological polar surface area (TPSA) is 68.8 Å². The minimum absolute atomic E-state index is 0.297. The third kappa shape index (κ3) is 2.59. The lowest BCUT2D eigenvalue weighted by molar-refractivity contribution is 0.743. The Morgan fingerprint density at radius 3 is 2.71 bits per heavy atom. The highest BCUT2D eigenvalue weighted by molar-refractivity contribution is 7.80. The van der Waals surface area contributed by atoms with Crippen molar-refractivity contribution in [2.24, 2.45) is 12.8 Å². The van der Waals surface area contributed by atoms with Gasteiger partial charge in [0.25, 0.3) is 0 Å². The van der Waals surface area contributed by atoms with Crippen molar-refractivity contribution in [3.63, 3.8) is 0 Å². The summed E-state index contributed by atoms with van der Waals surface area (Å²) in [6.07, 6.45) is 1.68. The molecule has 17 heavy (non-hydrogen) atoms. The van der Waals surface area contributed by atoms with Gasteiger partial charge in [-0.15, -0.1) is 0 Å². The molecule has 0 bridgehead atoms. The van der Waals surface area contributed by atoms with E-state index in [2.05, 4.69) is 15.4 Å². The number of aryl methyl sites for hydroxylation is 2. The standard InChI is InChI=1S/C11H13N5S/c1-7-5-10(15-16(7)2)14-8-3-4-9(11(12)17)13-6-8/h3-6H,1-2H3,(H2,12,17)(H,14,15). The van der Waals surface area contributed by atoms with E-state index in [4.69, 9.17) is 18.0 Å². The Kier molecular flexibility index (Phi) is 3.06. The maximum atomic E-state index is 5.47. The smallest absolute Gasteiger partial charge is 0.152 e. The van der Waals surface area contributed by atoms with Crippen LogP contribution in [0.4, 0.5) is 11.5 Å². The number of aromatic nitrogens is 3. The van der Waals surface area contributed by atoms with E-state index < -0.39 is 0 Å². The Bertz CT molecular complexity index is 524. The van der Waals surface area contributed by atoms with Gasteiger partial charge in [0.15, 0.2) is 5.82 Å². The molecule has 0 aromatic carbocycles. The number of hydrogen-bond acceptors (Lipinski definition) is 4. The number of nitrogens with one attached hydrogen (secondary N) is 1. The molecule has 5 nitrogen and oxygen atoms in total. The van der Waals surface area contributed by atoms with E-state index in [0.717, 1.165) is 17.2 Å². The number of thiocarbonyl (C=S) groups is 1. The average molecular weight is 247 g/mol. The zero-order valence-corrected chi connectivity index (χ0v) is 10.5. The van der Waals surface area contributed by atoms with Crippen LogP contribution in [0.25, 0.3) is 0 Å². The van der Waals surface area contributed by atoms with Crippen LogP contribution in [0, 0.1) is 6.92 Å². The molecule has 0 spiro atoms. The summed E-state index contributed by atoms with van der Waals surface area (Å²) >= 11 is 4.83.